The van der Waals surface area contributed by atoms with Crippen LogP contribution in [0.1, 0.15) is 26.0 Å². The minimum Gasteiger partial charge on any atom is -0.457 e. The number of nitriles is 1. The highest BCUT2D eigenvalue weighted by molar-refractivity contribution is 7.85. The molecule has 0 spiro atoms. The molecule has 154 valence electrons. The summed E-state index contributed by atoms with van der Waals surface area (Å²) in [6, 6.07) is 10.6. The number of hydrogen-bond acceptors (Lipinski definition) is 6. The Morgan fingerprint density at radius 2 is 1.80 bits per heavy atom. The minimum absolute atomic E-state index is 0.0816. The normalized spacial score (nSPS) is 16.3. The van der Waals surface area contributed by atoms with Crippen LogP contribution in [0.15, 0.2) is 62.4 Å². The van der Waals surface area contributed by atoms with E-state index in [4.69, 9.17) is 8.97 Å². The first-order valence-electron chi connectivity index (χ1n) is 9.04. The van der Waals surface area contributed by atoms with E-state index in [1.807, 2.05) is 13.0 Å². The molecular formula is C21H18N2O6S. The third kappa shape index (κ3) is 3.96. The largest absolute Gasteiger partial charge is 0.457 e. The zero-order valence-electron chi connectivity index (χ0n) is 16.2. The van der Waals surface area contributed by atoms with Crippen molar-refractivity contribution in [1.29, 1.82) is 5.26 Å². The molecule has 9 heteroatoms. The van der Waals surface area contributed by atoms with Crippen LogP contribution in [0.4, 0.5) is 0 Å². The summed E-state index contributed by atoms with van der Waals surface area (Å²) in [5.74, 6) is -0.350. The van der Waals surface area contributed by atoms with E-state index in [2.05, 4.69) is 0 Å². The molecule has 0 saturated carbocycles. The van der Waals surface area contributed by atoms with Gasteiger partial charge in [-0.2, -0.15) is 13.7 Å². The molecule has 1 aliphatic heterocycles. The molecule has 0 unspecified atom stereocenters. The van der Waals surface area contributed by atoms with E-state index in [1.54, 1.807) is 19.1 Å². The highest BCUT2D eigenvalue weighted by atomic mass is 32.2. The molecule has 1 aromatic heterocycles. The Balaban J connectivity index is 1.98. The van der Waals surface area contributed by atoms with E-state index >= 15 is 0 Å². The van der Waals surface area contributed by atoms with Crippen LogP contribution in [-0.2, 0) is 19.7 Å². The topological polar surface area (TPSA) is 129 Å². The Labute approximate surface area is 173 Å². The van der Waals surface area contributed by atoms with Gasteiger partial charge in [0.15, 0.2) is 0 Å². The average Bonchev–Trinajstić information content (AvgIpc) is 3.17. The summed E-state index contributed by atoms with van der Waals surface area (Å²) in [5.41, 5.74) is 0.967. The molecule has 0 fully saturated rings. The summed E-state index contributed by atoms with van der Waals surface area (Å²) in [6.07, 6.45) is 2.03. The molecule has 2 aromatic rings. The molecule has 1 aliphatic rings. The summed E-state index contributed by atoms with van der Waals surface area (Å²) in [6.45, 7) is 3.58. The summed E-state index contributed by atoms with van der Waals surface area (Å²) < 4.78 is 37.1. The predicted molar refractivity (Wildman–Crippen MR) is 107 cm³/mol. The number of nitrogens with zero attached hydrogens (tertiary/aromatic N) is 2. The first kappa shape index (κ1) is 21.2. The second-order valence-electron chi connectivity index (χ2n) is 6.63. The molecule has 3 rings (SSSR count). The van der Waals surface area contributed by atoms with E-state index in [0.717, 1.165) is 4.90 Å². The van der Waals surface area contributed by atoms with Crippen LogP contribution in [-0.4, -0.2) is 36.2 Å². The van der Waals surface area contributed by atoms with Gasteiger partial charge in [0.2, 0.25) is 0 Å². The summed E-state index contributed by atoms with van der Waals surface area (Å²) in [7, 11) is -4.29. The fraction of sp³-hybridized carbons (Fsp3) is 0.190. The SMILES string of the molecule is CCCN1C(=O)C(C#N)=C(C)/C(=C\c2ccc(-c3ccc(S(=O)(=O)O)cc3)o2)C1=O. The van der Waals surface area contributed by atoms with Gasteiger partial charge in [-0.05, 0) is 61.4 Å². The van der Waals surface area contributed by atoms with E-state index in [-0.39, 0.29) is 28.2 Å². The van der Waals surface area contributed by atoms with Gasteiger partial charge < -0.3 is 4.42 Å². The molecule has 8 nitrogen and oxygen atoms in total. The van der Waals surface area contributed by atoms with Crippen molar-refractivity contribution in [3.63, 3.8) is 0 Å². The van der Waals surface area contributed by atoms with Gasteiger partial charge in [-0.25, -0.2) is 0 Å². The van der Waals surface area contributed by atoms with Crippen LogP contribution in [0.3, 0.4) is 0 Å². The van der Waals surface area contributed by atoms with Crippen LogP contribution < -0.4 is 0 Å². The molecule has 0 bridgehead atoms. The molecule has 2 heterocycles. The number of rotatable bonds is 5. The standard InChI is InChI=1S/C21H18N2O6S/c1-3-10-23-20(24)17(13(2)18(12-22)21(23)25)11-15-6-9-19(29-15)14-4-7-16(8-5-14)30(26,27)28/h4-9,11H,3,10H2,1-2H3,(H,26,27,28)/b17-11+. The van der Waals surface area contributed by atoms with Gasteiger partial charge in [0.25, 0.3) is 21.9 Å². The molecular weight excluding hydrogens is 408 g/mol. The van der Waals surface area contributed by atoms with Crippen molar-refractivity contribution in [2.24, 2.45) is 0 Å². The number of amides is 2. The molecule has 30 heavy (non-hydrogen) atoms. The van der Waals surface area contributed by atoms with Crippen LogP contribution in [0.2, 0.25) is 0 Å². The molecule has 2 amide bonds. The Bertz CT molecular complexity index is 1230. The number of benzene rings is 1. The zero-order valence-corrected chi connectivity index (χ0v) is 17.1. The van der Waals surface area contributed by atoms with E-state index in [1.165, 1.54) is 30.3 Å². The number of hydrogen-bond donors (Lipinski definition) is 1. The molecule has 1 N–H and O–H groups in total. The highest BCUT2D eigenvalue weighted by Gasteiger charge is 2.35. The zero-order chi connectivity index (χ0) is 22.1. The lowest BCUT2D eigenvalue weighted by atomic mass is 9.94. The average molecular weight is 426 g/mol. The Hall–Kier alpha value is -3.48. The van der Waals surface area contributed by atoms with Gasteiger partial charge in [-0.1, -0.05) is 6.92 Å². The Kier molecular flexibility index (Phi) is 5.73. The third-order valence-corrected chi connectivity index (χ3v) is 5.49. The molecule has 0 saturated heterocycles. The van der Waals surface area contributed by atoms with E-state index < -0.39 is 21.9 Å². The van der Waals surface area contributed by atoms with Crippen molar-refractivity contribution in [2.45, 2.75) is 25.2 Å². The summed E-state index contributed by atoms with van der Waals surface area (Å²) >= 11 is 0. The lowest BCUT2D eigenvalue weighted by Crippen LogP contribution is -2.43. The first-order valence-corrected chi connectivity index (χ1v) is 10.5. The number of furan rings is 1. The molecule has 1 aromatic carbocycles. The Morgan fingerprint density at radius 1 is 1.13 bits per heavy atom. The predicted octanol–water partition coefficient (Wildman–Crippen LogP) is 3.20. The second kappa shape index (κ2) is 8.10. The Morgan fingerprint density at radius 3 is 2.37 bits per heavy atom. The molecule has 0 radical (unpaired) electrons. The number of carbonyl (C=O) groups is 2. The summed E-state index contributed by atoms with van der Waals surface area (Å²) in [5, 5.41) is 9.34. The van der Waals surface area contributed by atoms with Gasteiger partial charge in [-0.15, -0.1) is 0 Å². The fourth-order valence-electron chi connectivity index (χ4n) is 3.08. The number of imide groups is 1. The highest BCUT2D eigenvalue weighted by Crippen LogP contribution is 2.29. The van der Waals surface area contributed by atoms with Crippen LogP contribution in [0, 0.1) is 11.3 Å². The van der Waals surface area contributed by atoms with Crippen molar-refractivity contribution in [3.8, 4) is 17.4 Å². The quantitative estimate of drug-likeness (QED) is 0.441. The van der Waals surface area contributed by atoms with Crippen LogP contribution >= 0.6 is 0 Å². The lowest BCUT2D eigenvalue weighted by Gasteiger charge is -2.26. The van der Waals surface area contributed by atoms with Crippen molar-refractivity contribution in [3.05, 3.63) is 58.9 Å². The maximum absolute atomic E-state index is 12.8. The second-order valence-corrected chi connectivity index (χ2v) is 8.05. The van der Waals surface area contributed by atoms with Gasteiger partial charge >= 0.3 is 0 Å². The van der Waals surface area contributed by atoms with Crippen LogP contribution in [0.5, 0.6) is 0 Å². The maximum Gasteiger partial charge on any atom is 0.294 e. The smallest absolute Gasteiger partial charge is 0.294 e. The first-order chi connectivity index (χ1) is 14.2. The fourth-order valence-corrected chi connectivity index (χ4v) is 3.56. The lowest BCUT2D eigenvalue weighted by molar-refractivity contribution is -0.140. The molecule has 0 atom stereocenters. The van der Waals surface area contributed by atoms with Gasteiger partial charge in [0, 0.05) is 17.7 Å². The minimum atomic E-state index is -4.29. The monoisotopic (exact) mass is 426 g/mol. The van der Waals surface area contributed by atoms with Crippen molar-refractivity contribution >= 4 is 28.0 Å². The van der Waals surface area contributed by atoms with E-state index in [9.17, 15) is 23.3 Å². The van der Waals surface area contributed by atoms with Gasteiger partial charge in [0.05, 0.1) is 4.90 Å². The van der Waals surface area contributed by atoms with Gasteiger partial charge in [-0.3, -0.25) is 19.0 Å². The number of carbonyl (C=O) groups excluding carboxylic acids is 2. The van der Waals surface area contributed by atoms with Crippen molar-refractivity contribution < 1.29 is 27.0 Å². The van der Waals surface area contributed by atoms with E-state index in [0.29, 0.717) is 23.5 Å². The third-order valence-electron chi connectivity index (χ3n) is 4.62. The van der Waals surface area contributed by atoms with Crippen molar-refractivity contribution in [1.82, 2.24) is 4.90 Å². The van der Waals surface area contributed by atoms with Crippen molar-refractivity contribution in [2.75, 3.05) is 6.54 Å². The van der Waals surface area contributed by atoms with Crippen LogP contribution in [0.25, 0.3) is 17.4 Å². The van der Waals surface area contributed by atoms with Gasteiger partial charge in [0.1, 0.15) is 23.2 Å². The molecule has 0 aliphatic carbocycles. The maximum atomic E-state index is 12.8. The summed E-state index contributed by atoms with van der Waals surface area (Å²) in [4.78, 5) is 26.0.